The Bertz CT molecular complexity index is 283. The van der Waals surface area contributed by atoms with Gasteiger partial charge in [0, 0.05) is 25.2 Å². The van der Waals surface area contributed by atoms with Gasteiger partial charge in [0.2, 0.25) is 0 Å². The summed E-state index contributed by atoms with van der Waals surface area (Å²) < 4.78 is 0. The molecule has 1 heterocycles. The van der Waals surface area contributed by atoms with Crippen LogP contribution in [-0.4, -0.2) is 25.1 Å². The van der Waals surface area contributed by atoms with Crippen LogP contribution in [0.5, 0.6) is 0 Å². The van der Waals surface area contributed by atoms with Crippen molar-refractivity contribution in [3.8, 4) is 0 Å². The Labute approximate surface area is 85.0 Å². The molecule has 0 amide bonds. The molecule has 0 radical (unpaired) electrons. The molecule has 0 saturated carbocycles. The van der Waals surface area contributed by atoms with Gasteiger partial charge in [-0.1, -0.05) is 24.6 Å². The molecule has 2 aliphatic rings. The summed E-state index contributed by atoms with van der Waals surface area (Å²) in [6.07, 6.45) is 8.76. The van der Waals surface area contributed by atoms with Crippen LogP contribution < -0.4 is 10.6 Å². The fourth-order valence-electron chi connectivity index (χ4n) is 1.68. The fraction of sp³-hybridized carbons (Fsp3) is 0.545. The maximum absolute atomic E-state index is 4.57. The summed E-state index contributed by atoms with van der Waals surface area (Å²) >= 11 is 0. The zero-order chi connectivity index (χ0) is 9.80. The standard InChI is InChI=1S/C11H17N3/c1-2-9-3-5-10(6-4-9)14-11-12-7-8-13-11/h3-5,11-13H,2,6-8H2,1H3. The molecule has 1 fully saturated rings. The SMILES string of the molecule is CCC1=CCC(=NC2NCCN2)C=C1. The third kappa shape index (κ3) is 2.30. The number of aliphatic imine (C=N–C) groups is 1. The molecule has 2 N–H and O–H groups in total. The zero-order valence-electron chi connectivity index (χ0n) is 8.59. The summed E-state index contributed by atoms with van der Waals surface area (Å²) in [6.45, 7) is 4.21. The Morgan fingerprint density at radius 2 is 2.14 bits per heavy atom. The molecule has 1 aliphatic carbocycles. The quantitative estimate of drug-likeness (QED) is 0.688. The largest absolute Gasteiger partial charge is 0.282 e. The van der Waals surface area contributed by atoms with Crippen LogP contribution in [0.1, 0.15) is 19.8 Å². The van der Waals surface area contributed by atoms with Crippen LogP contribution >= 0.6 is 0 Å². The first kappa shape index (κ1) is 9.62. The van der Waals surface area contributed by atoms with E-state index >= 15 is 0 Å². The van der Waals surface area contributed by atoms with E-state index in [9.17, 15) is 0 Å². The lowest BCUT2D eigenvalue weighted by atomic mass is 10.0. The first-order chi connectivity index (χ1) is 6.88. The predicted octanol–water partition coefficient (Wildman–Crippen LogP) is 1.20. The highest BCUT2D eigenvalue weighted by Crippen LogP contribution is 2.11. The lowest BCUT2D eigenvalue weighted by Gasteiger charge is -2.10. The maximum atomic E-state index is 4.57. The van der Waals surface area contributed by atoms with Gasteiger partial charge in [0.1, 0.15) is 0 Å². The van der Waals surface area contributed by atoms with E-state index in [2.05, 4.69) is 40.8 Å². The predicted molar refractivity (Wildman–Crippen MR) is 59.4 cm³/mol. The molecular weight excluding hydrogens is 174 g/mol. The topological polar surface area (TPSA) is 36.4 Å². The molecule has 2 rings (SSSR count). The molecule has 0 spiro atoms. The summed E-state index contributed by atoms with van der Waals surface area (Å²) in [7, 11) is 0. The number of nitrogens with zero attached hydrogens (tertiary/aromatic N) is 1. The molecule has 0 aromatic carbocycles. The number of rotatable bonds is 2. The van der Waals surface area contributed by atoms with Crippen molar-refractivity contribution in [1.82, 2.24) is 10.6 Å². The molecule has 3 heteroatoms. The van der Waals surface area contributed by atoms with E-state index in [4.69, 9.17) is 0 Å². The Morgan fingerprint density at radius 3 is 2.71 bits per heavy atom. The van der Waals surface area contributed by atoms with Gasteiger partial charge in [0.25, 0.3) is 0 Å². The second-order valence-corrected chi connectivity index (χ2v) is 3.60. The minimum atomic E-state index is 0.131. The molecule has 14 heavy (non-hydrogen) atoms. The minimum Gasteiger partial charge on any atom is -0.282 e. The third-order valence-electron chi connectivity index (χ3n) is 2.57. The molecular formula is C11H17N3. The molecule has 0 aromatic heterocycles. The van der Waals surface area contributed by atoms with E-state index in [0.29, 0.717) is 0 Å². The summed E-state index contributed by atoms with van der Waals surface area (Å²) in [5, 5.41) is 6.55. The van der Waals surface area contributed by atoms with Crippen LogP contribution in [0.25, 0.3) is 0 Å². The van der Waals surface area contributed by atoms with Gasteiger partial charge in [-0.2, -0.15) is 0 Å². The van der Waals surface area contributed by atoms with Crippen LogP contribution in [-0.2, 0) is 0 Å². The second kappa shape index (κ2) is 4.53. The van der Waals surface area contributed by atoms with Crippen molar-refractivity contribution in [2.75, 3.05) is 13.1 Å². The highest BCUT2D eigenvalue weighted by atomic mass is 15.3. The fourth-order valence-corrected chi connectivity index (χ4v) is 1.68. The van der Waals surface area contributed by atoms with E-state index in [1.54, 1.807) is 0 Å². The Hall–Kier alpha value is -0.930. The van der Waals surface area contributed by atoms with Gasteiger partial charge in [-0.05, 0) is 12.5 Å². The van der Waals surface area contributed by atoms with Crippen molar-refractivity contribution in [2.45, 2.75) is 26.1 Å². The van der Waals surface area contributed by atoms with Gasteiger partial charge < -0.3 is 0 Å². The zero-order valence-corrected chi connectivity index (χ0v) is 8.59. The van der Waals surface area contributed by atoms with Gasteiger partial charge in [-0.25, -0.2) is 0 Å². The van der Waals surface area contributed by atoms with Crippen LogP contribution in [0.2, 0.25) is 0 Å². The summed E-state index contributed by atoms with van der Waals surface area (Å²) in [5.74, 6) is 0. The lowest BCUT2D eigenvalue weighted by molar-refractivity contribution is 0.580. The molecule has 76 valence electrons. The molecule has 1 aliphatic heterocycles. The summed E-state index contributed by atoms with van der Waals surface area (Å²) in [6, 6.07) is 0. The smallest absolute Gasteiger partial charge is 0.153 e. The van der Waals surface area contributed by atoms with Gasteiger partial charge in [-0.3, -0.25) is 15.6 Å². The van der Waals surface area contributed by atoms with Crippen molar-refractivity contribution in [3.63, 3.8) is 0 Å². The lowest BCUT2D eigenvalue weighted by Crippen LogP contribution is -2.29. The minimum absolute atomic E-state index is 0.131. The first-order valence-corrected chi connectivity index (χ1v) is 5.29. The first-order valence-electron chi connectivity index (χ1n) is 5.29. The van der Waals surface area contributed by atoms with Gasteiger partial charge in [0.05, 0.1) is 0 Å². The highest BCUT2D eigenvalue weighted by Gasteiger charge is 2.11. The Kier molecular flexibility index (Phi) is 3.11. The van der Waals surface area contributed by atoms with Gasteiger partial charge >= 0.3 is 0 Å². The molecule has 0 atom stereocenters. The molecule has 1 saturated heterocycles. The number of hydrogen-bond acceptors (Lipinski definition) is 3. The third-order valence-corrected chi connectivity index (χ3v) is 2.57. The van der Waals surface area contributed by atoms with E-state index in [1.165, 1.54) is 5.57 Å². The average molecular weight is 191 g/mol. The summed E-state index contributed by atoms with van der Waals surface area (Å²) in [4.78, 5) is 4.57. The van der Waals surface area contributed by atoms with Crippen LogP contribution in [0.15, 0.2) is 28.8 Å². The van der Waals surface area contributed by atoms with Crippen molar-refractivity contribution in [3.05, 3.63) is 23.8 Å². The Balaban J connectivity index is 1.95. The van der Waals surface area contributed by atoms with Crippen molar-refractivity contribution in [1.29, 1.82) is 0 Å². The average Bonchev–Trinajstić information content (AvgIpc) is 2.72. The van der Waals surface area contributed by atoms with Crippen molar-refractivity contribution in [2.24, 2.45) is 4.99 Å². The number of nitrogens with one attached hydrogen (secondary N) is 2. The normalized spacial score (nSPS) is 25.8. The Morgan fingerprint density at radius 1 is 1.36 bits per heavy atom. The van der Waals surface area contributed by atoms with Crippen LogP contribution in [0, 0.1) is 0 Å². The highest BCUT2D eigenvalue weighted by molar-refractivity contribution is 5.97. The molecule has 0 bridgehead atoms. The molecule has 3 nitrogen and oxygen atoms in total. The van der Waals surface area contributed by atoms with Gasteiger partial charge in [0.15, 0.2) is 6.29 Å². The van der Waals surface area contributed by atoms with Gasteiger partial charge in [-0.15, -0.1) is 0 Å². The van der Waals surface area contributed by atoms with Crippen LogP contribution in [0.4, 0.5) is 0 Å². The van der Waals surface area contributed by atoms with Crippen LogP contribution in [0.3, 0.4) is 0 Å². The second-order valence-electron chi connectivity index (χ2n) is 3.60. The van der Waals surface area contributed by atoms with Crippen molar-refractivity contribution < 1.29 is 0 Å². The van der Waals surface area contributed by atoms with E-state index < -0.39 is 0 Å². The van der Waals surface area contributed by atoms with Crippen molar-refractivity contribution >= 4 is 5.71 Å². The van der Waals surface area contributed by atoms with E-state index in [0.717, 1.165) is 31.6 Å². The monoisotopic (exact) mass is 191 g/mol. The van der Waals surface area contributed by atoms with E-state index in [1.807, 2.05) is 0 Å². The molecule has 0 unspecified atom stereocenters. The maximum Gasteiger partial charge on any atom is 0.153 e. The summed E-state index contributed by atoms with van der Waals surface area (Å²) in [5.41, 5.74) is 2.57. The number of allylic oxidation sites excluding steroid dienone is 4. The van der Waals surface area contributed by atoms with E-state index in [-0.39, 0.29) is 6.29 Å². The number of hydrogen-bond donors (Lipinski definition) is 2. The molecule has 0 aromatic rings.